The minimum atomic E-state index is -1.30. The molecule has 4 aromatic carbocycles. The third-order valence-electron chi connectivity index (χ3n) is 5.68. The highest BCUT2D eigenvalue weighted by Crippen LogP contribution is 2.34. The van der Waals surface area contributed by atoms with Gasteiger partial charge in [-0.25, -0.2) is 18.4 Å². The van der Waals surface area contributed by atoms with E-state index in [9.17, 15) is 14.0 Å². The van der Waals surface area contributed by atoms with E-state index in [4.69, 9.17) is 16.3 Å². The number of rotatable bonds is 6. The molecule has 0 saturated heterocycles. The maximum absolute atomic E-state index is 15.1. The summed E-state index contributed by atoms with van der Waals surface area (Å²) in [6.07, 6.45) is 0. The Balaban J connectivity index is 1.68. The lowest BCUT2D eigenvalue weighted by Gasteiger charge is -2.16. The van der Waals surface area contributed by atoms with Crippen LogP contribution in [0.4, 0.5) is 31.5 Å². The Morgan fingerprint density at radius 3 is 1.90 bits per heavy atom. The highest BCUT2D eigenvalue weighted by molar-refractivity contribution is 14.1. The Hall–Kier alpha value is -2.29. The fourth-order valence-corrected chi connectivity index (χ4v) is 5.55. The van der Waals surface area contributed by atoms with Crippen molar-refractivity contribution in [2.45, 2.75) is 13.8 Å². The van der Waals surface area contributed by atoms with Gasteiger partial charge in [-0.2, -0.15) is 0 Å². The minimum absolute atomic E-state index is 0.0153. The number of esters is 2. The van der Waals surface area contributed by atoms with Crippen molar-refractivity contribution in [2.75, 3.05) is 10.6 Å². The third-order valence-corrected chi connectivity index (χ3v) is 7.83. The summed E-state index contributed by atoms with van der Waals surface area (Å²) in [6, 6.07) is 16.6. The van der Waals surface area contributed by atoms with Gasteiger partial charge in [0.05, 0.1) is 27.0 Å². The van der Waals surface area contributed by atoms with Gasteiger partial charge in [0.2, 0.25) is 0 Å². The molecule has 11 heteroatoms. The Bertz CT molecular complexity index is 1640. The molecule has 0 fully saturated rings. The minimum Gasteiger partial charge on any atom is -0.386 e. The number of carbonyl (C=O) groups excluding carboxylic acids is 2. The first-order chi connectivity index (χ1) is 18.4. The van der Waals surface area contributed by atoms with Crippen molar-refractivity contribution in [1.82, 2.24) is 0 Å². The molecule has 0 heterocycles. The molecule has 0 amide bonds. The highest BCUT2D eigenvalue weighted by atomic mass is 127. The fraction of sp³-hybridized carbons (Fsp3) is 0.0714. The molecule has 0 atom stereocenters. The lowest BCUT2D eigenvalue weighted by molar-refractivity contribution is 0.0399. The van der Waals surface area contributed by atoms with Gasteiger partial charge in [0.1, 0.15) is 0 Å². The van der Waals surface area contributed by atoms with E-state index in [0.717, 1.165) is 30.0 Å². The van der Waals surface area contributed by atoms with Crippen LogP contribution in [0, 0.1) is 32.6 Å². The van der Waals surface area contributed by atoms with Crippen molar-refractivity contribution < 1.29 is 23.1 Å². The summed E-state index contributed by atoms with van der Waals surface area (Å²) in [5, 5.41) is 6.18. The molecule has 4 rings (SSSR count). The molecular formula is C28H18BrClF2I2N2O3. The summed E-state index contributed by atoms with van der Waals surface area (Å²) in [5.74, 6) is -4.70. The van der Waals surface area contributed by atoms with Gasteiger partial charge in [0.15, 0.2) is 11.6 Å². The van der Waals surface area contributed by atoms with Crippen LogP contribution >= 0.6 is 72.7 Å². The van der Waals surface area contributed by atoms with E-state index in [0.29, 0.717) is 11.4 Å². The number of anilines is 4. The van der Waals surface area contributed by atoms with Gasteiger partial charge in [-0.05, 0) is 147 Å². The smallest absolute Gasteiger partial charge is 0.348 e. The number of ether oxygens (including phenoxy) is 1. The van der Waals surface area contributed by atoms with Gasteiger partial charge in [0, 0.05) is 23.5 Å². The van der Waals surface area contributed by atoms with Gasteiger partial charge in [-0.15, -0.1) is 0 Å². The third kappa shape index (κ3) is 6.90. The first-order valence-corrected chi connectivity index (χ1v) is 14.6. The van der Waals surface area contributed by atoms with Crippen LogP contribution in [0.25, 0.3) is 0 Å². The van der Waals surface area contributed by atoms with Crippen molar-refractivity contribution in [3.63, 3.8) is 0 Å². The van der Waals surface area contributed by atoms with Gasteiger partial charge in [-0.1, -0.05) is 11.6 Å². The molecule has 4 aromatic rings. The largest absolute Gasteiger partial charge is 0.386 e. The van der Waals surface area contributed by atoms with Crippen molar-refractivity contribution in [1.29, 1.82) is 0 Å². The molecule has 0 unspecified atom stereocenters. The number of nitrogens with one attached hydrogen (secondary N) is 2. The quantitative estimate of drug-likeness (QED) is 0.0877. The maximum Gasteiger partial charge on any atom is 0.348 e. The second kappa shape index (κ2) is 12.5. The second-order valence-corrected chi connectivity index (χ2v) is 12.2. The first kappa shape index (κ1) is 29.7. The predicted molar refractivity (Wildman–Crippen MR) is 170 cm³/mol. The van der Waals surface area contributed by atoms with E-state index in [2.05, 4.69) is 71.7 Å². The van der Waals surface area contributed by atoms with Crippen molar-refractivity contribution in [3.05, 3.63) is 111 Å². The number of hydrogen-bond donors (Lipinski definition) is 2. The Morgan fingerprint density at radius 2 is 1.31 bits per heavy atom. The Labute approximate surface area is 264 Å². The fourth-order valence-electron chi connectivity index (χ4n) is 3.68. The summed E-state index contributed by atoms with van der Waals surface area (Å²) < 4.78 is 36.4. The molecule has 2 N–H and O–H groups in total. The van der Waals surface area contributed by atoms with Crippen molar-refractivity contribution >= 4 is 107 Å². The summed E-state index contributed by atoms with van der Waals surface area (Å²) in [7, 11) is 0. The van der Waals surface area contributed by atoms with Gasteiger partial charge < -0.3 is 15.4 Å². The van der Waals surface area contributed by atoms with Crippen LogP contribution < -0.4 is 10.6 Å². The lowest BCUT2D eigenvalue weighted by Crippen LogP contribution is -2.17. The molecule has 39 heavy (non-hydrogen) atoms. The zero-order valence-corrected chi connectivity index (χ0v) is 26.9. The van der Waals surface area contributed by atoms with Crippen molar-refractivity contribution in [2.24, 2.45) is 0 Å². The standard InChI is InChI=1S/C28H18BrClF2I2N2O3/c1-13-9-16(33)4-7-21(13)35-23-6-3-15(30)11-18(23)27(37)39-28(38)19-12-20(29)24(31)25(32)26(19)36-22-8-5-17(34)10-14(22)2/h3-12,35-36H,1-2H3. The molecule has 0 aliphatic heterocycles. The molecule has 0 aromatic heterocycles. The molecule has 0 spiro atoms. The number of benzene rings is 4. The van der Waals surface area contributed by atoms with Gasteiger partial charge in [-0.3, -0.25) is 0 Å². The Kier molecular flexibility index (Phi) is 9.50. The molecule has 0 radical (unpaired) electrons. The van der Waals surface area contributed by atoms with E-state index < -0.39 is 29.3 Å². The van der Waals surface area contributed by atoms with Crippen LogP contribution in [-0.2, 0) is 4.74 Å². The molecule has 0 saturated carbocycles. The molecule has 5 nitrogen and oxygen atoms in total. The summed E-state index contributed by atoms with van der Waals surface area (Å²) >= 11 is 13.4. The SMILES string of the molecule is Cc1cc(I)ccc1Nc1ccc(Cl)cc1C(=O)OC(=O)c1cc(Br)c(F)c(F)c1Nc1ccc(I)cc1C. The molecule has 0 aliphatic carbocycles. The van der Waals surface area contributed by atoms with Crippen LogP contribution in [0.1, 0.15) is 31.8 Å². The van der Waals surface area contributed by atoms with Gasteiger partial charge >= 0.3 is 11.9 Å². The number of hydrogen-bond acceptors (Lipinski definition) is 5. The zero-order chi connectivity index (χ0) is 28.4. The monoisotopic (exact) mass is 836 g/mol. The van der Waals surface area contributed by atoms with E-state index in [1.807, 2.05) is 31.2 Å². The Morgan fingerprint density at radius 1 is 0.769 bits per heavy atom. The summed E-state index contributed by atoms with van der Waals surface area (Å²) in [5.41, 5.74) is 2.35. The molecular weight excluding hydrogens is 819 g/mol. The number of halogens is 6. The molecule has 0 aliphatic rings. The number of aryl methyl sites for hydroxylation is 2. The van der Waals surface area contributed by atoms with Gasteiger partial charge in [0.25, 0.3) is 0 Å². The van der Waals surface area contributed by atoms with E-state index in [-0.39, 0.29) is 20.6 Å². The predicted octanol–water partition coefficient (Wildman–Crippen LogP) is 9.69. The number of carbonyl (C=O) groups is 2. The van der Waals surface area contributed by atoms with E-state index >= 15 is 4.39 Å². The second-order valence-electron chi connectivity index (χ2n) is 8.44. The summed E-state index contributed by atoms with van der Waals surface area (Å²) in [6.45, 7) is 3.69. The van der Waals surface area contributed by atoms with Crippen LogP contribution in [0.15, 0.2) is 65.1 Å². The lowest BCUT2D eigenvalue weighted by atomic mass is 10.1. The van der Waals surface area contributed by atoms with E-state index in [1.54, 1.807) is 31.2 Å². The average molecular weight is 838 g/mol. The molecule has 200 valence electrons. The van der Waals surface area contributed by atoms with E-state index in [1.165, 1.54) is 6.07 Å². The highest BCUT2D eigenvalue weighted by Gasteiger charge is 2.26. The van der Waals surface area contributed by atoms with Crippen LogP contribution in [-0.4, -0.2) is 11.9 Å². The normalized spacial score (nSPS) is 10.8. The zero-order valence-electron chi connectivity index (χ0n) is 20.3. The maximum atomic E-state index is 15.1. The summed E-state index contributed by atoms with van der Waals surface area (Å²) in [4.78, 5) is 26.4. The molecule has 0 bridgehead atoms. The average Bonchev–Trinajstić information content (AvgIpc) is 2.87. The van der Waals surface area contributed by atoms with Crippen LogP contribution in [0.3, 0.4) is 0 Å². The van der Waals surface area contributed by atoms with Crippen LogP contribution in [0.5, 0.6) is 0 Å². The van der Waals surface area contributed by atoms with Crippen LogP contribution in [0.2, 0.25) is 5.02 Å². The first-order valence-electron chi connectivity index (χ1n) is 11.2. The van der Waals surface area contributed by atoms with Crippen molar-refractivity contribution in [3.8, 4) is 0 Å². The topological polar surface area (TPSA) is 67.4 Å².